The molecule has 0 saturated heterocycles. The molecule has 0 bridgehead atoms. The van der Waals surface area contributed by atoms with Crippen molar-refractivity contribution in [1.82, 2.24) is 25.3 Å². The summed E-state index contributed by atoms with van der Waals surface area (Å²) in [4.78, 5) is 42.3. The number of aromatic nitrogens is 4. The van der Waals surface area contributed by atoms with Gasteiger partial charge in [0.25, 0.3) is 0 Å². The van der Waals surface area contributed by atoms with E-state index in [1.54, 1.807) is 6.33 Å². The number of carbonyl (C=O) groups excluding carboxylic acids is 2. The Labute approximate surface area is 205 Å². The molecule has 0 saturated carbocycles. The smallest absolute Gasteiger partial charge is 0.236 e. The molecule has 3 heterocycles. The number of ether oxygens (including phenoxy) is 3. The first-order chi connectivity index (χ1) is 16.9. The van der Waals surface area contributed by atoms with E-state index >= 15 is 0 Å². The fourth-order valence-electron chi connectivity index (χ4n) is 4.56. The maximum absolute atomic E-state index is 13.5. The summed E-state index contributed by atoms with van der Waals surface area (Å²) in [6.07, 6.45) is 4.86. The SMILES string of the molecule is COc1cc(OC)c2c(c1Cl)O[C@@]1(C(=O)C=C(NCCNc3ncnc4nc[nH]c34)C[C@H]1C)C2=O. The lowest BCUT2D eigenvalue weighted by Crippen LogP contribution is -2.55. The molecule has 1 aliphatic heterocycles. The van der Waals surface area contributed by atoms with Gasteiger partial charge >= 0.3 is 0 Å². The Bertz CT molecular complexity index is 1370. The van der Waals surface area contributed by atoms with Crippen LogP contribution in [0.4, 0.5) is 5.82 Å². The van der Waals surface area contributed by atoms with Gasteiger partial charge in [0.05, 0.1) is 20.5 Å². The summed E-state index contributed by atoms with van der Waals surface area (Å²) in [5, 5.41) is 6.61. The minimum Gasteiger partial charge on any atom is -0.496 e. The van der Waals surface area contributed by atoms with E-state index in [4.69, 9.17) is 25.8 Å². The molecule has 2 atom stereocenters. The number of anilines is 1. The van der Waals surface area contributed by atoms with Crippen LogP contribution in [0, 0.1) is 5.92 Å². The van der Waals surface area contributed by atoms with Gasteiger partial charge in [0.15, 0.2) is 17.2 Å². The Kier molecular flexibility index (Phi) is 5.72. The number of nitrogens with zero attached hydrogens (tertiary/aromatic N) is 3. The Hall–Kier alpha value is -3.86. The maximum atomic E-state index is 13.5. The lowest BCUT2D eigenvalue weighted by atomic mass is 9.74. The van der Waals surface area contributed by atoms with Crippen LogP contribution in [0.25, 0.3) is 11.2 Å². The van der Waals surface area contributed by atoms with Crippen LogP contribution >= 0.6 is 11.6 Å². The third-order valence-corrected chi connectivity index (χ3v) is 6.66. The number of imidazole rings is 1. The maximum Gasteiger partial charge on any atom is 0.236 e. The van der Waals surface area contributed by atoms with Gasteiger partial charge in [-0.05, 0) is 6.42 Å². The molecular weight excluding hydrogens is 476 g/mol. The lowest BCUT2D eigenvalue weighted by molar-refractivity contribution is -0.129. The van der Waals surface area contributed by atoms with Crippen LogP contribution in [-0.4, -0.2) is 64.4 Å². The van der Waals surface area contributed by atoms with Crippen molar-refractivity contribution < 1.29 is 23.8 Å². The largest absolute Gasteiger partial charge is 0.496 e. The summed E-state index contributed by atoms with van der Waals surface area (Å²) in [6.45, 7) is 2.86. The third kappa shape index (κ3) is 3.54. The number of Topliss-reactive ketones (excluding diaryl/α,β-unsaturated/α-hetero) is 1. The average Bonchev–Trinajstić information content (AvgIpc) is 3.45. The third-order valence-electron chi connectivity index (χ3n) is 6.30. The number of halogens is 1. The van der Waals surface area contributed by atoms with E-state index in [0.29, 0.717) is 42.4 Å². The molecule has 1 aromatic carbocycles. The molecule has 182 valence electrons. The number of rotatable bonds is 7. The van der Waals surface area contributed by atoms with Gasteiger partial charge < -0.3 is 29.8 Å². The molecule has 12 heteroatoms. The molecule has 3 N–H and O–H groups in total. The Balaban J connectivity index is 1.31. The van der Waals surface area contributed by atoms with E-state index in [0.717, 1.165) is 5.52 Å². The van der Waals surface area contributed by atoms with Gasteiger partial charge in [0.1, 0.15) is 33.9 Å². The van der Waals surface area contributed by atoms with Crippen LogP contribution in [0.15, 0.2) is 30.5 Å². The van der Waals surface area contributed by atoms with Crippen molar-refractivity contribution in [2.24, 2.45) is 5.92 Å². The van der Waals surface area contributed by atoms with E-state index in [9.17, 15) is 9.59 Å². The van der Waals surface area contributed by atoms with Crippen molar-refractivity contribution >= 4 is 40.1 Å². The van der Waals surface area contributed by atoms with Crippen LogP contribution in [0.3, 0.4) is 0 Å². The number of methoxy groups -OCH3 is 2. The summed E-state index contributed by atoms with van der Waals surface area (Å²) in [7, 11) is 2.88. The minimum atomic E-state index is -1.69. The highest BCUT2D eigenvalue weighted by molar-refractivity contribution is 6.36. The van der Waals surface area contributed by atoms with Crippen molar-refractivity contribution in [2.75, 3.05) is 32.6 Å². The molecule has 0 amide bonds. The number of aromatic amines is 1. The summed E-state index contributed by atoms with van der Waals surface area (Å²) >= 11 is 6.42. The van der Waals surface area contributed by atoms with Gasteiger partial charge in [-0.3, -0.25) is 9.59 Å². The first-order valence-electron chi connectivity index (χ1n) is 11.0. The van der Waals surface area contributed by atoms with Gasteiger partial charge in [-0.15, -0.1) is 0 Å². The lowest BCUT2D eigenvalue weighted by Gasteiger charge is -2.35. The number of allylic oxidation sites excluding steroid dienone is 1. The predicted molar refractivity (Wildman–Crippen MR) is 127 cm³/mol. The number of fused-ring (bicyclic) bond motifs is 2. The number of ketones is 2. The second-order valence-electron chi connectivity index (χ2n) is 8.28. The number of nitrogens with one attached hydrogen (secondary N) is 3. The number of H-pyrrole nitrogens is 1. The van der Waals surface area contributed by atoms with Crippen LogP contribution in [-0.2, 0) is 4.79 Å². The summed E-state index contributed by atoms with van der Waals surface area (Å²) in [5.74, 6) is -0.0664. The van der Waals surface area contributed by atoms with Crippen LogP contribution in [0.1, 0.15) is 23.7 Å². The molecule has 0 radical (unpaired) electrons. The van der Waals surface area contributed by atoms with E-state index < -0.39 is 23.1 Å². The Morgan fingerprint density at radius 2 is 1.94 bits per heavy atom. The first-order valence-corrected chi connectivity index (χ1v) is 11.3. The number of benzene rings is 1. The molecule has 5 rings (SSSR count). The zero-order valence-corrected chi connectivity index (χ0v) is 20.0. The highest BCUT2D eigenvalue weighted by Gasteiger charge is 2.60. The normalized spacial score (nSPS) is 21.0. The number of carbonyl (C=O) groups is 2. The van der Waals surface area contributed by atoms with Gasteiger partial charge in [-0.25, -0.2) is 15.0 Å². The van der Waals surface area contributed by atoms with Crippen molar-refractivity contribution in [1.29, 1.82) is 0 Å². The molecule has 1 aliphatic carbocycles. The van der Waals surface area contributed by atoms with Crippen molar-refractivity contribution in [3.63, 3.8) is 0 Å². The van der Waals surface area contributed by atoms with Gasteiger partial charge in [-0.2, -0.15) is 0 Å². The Morgan fingerprint density at radius 3 is 2.69 bits per heavy atom. The van der Waals surface area contributed by atoms with Gasteiger partial charge in [0.2, 0.25) is 17.2 Å². The number of hydrogen-bond donors (Lipinski definition) is 3. The first kappa shape index (κ1) is 22.9. The zero-order valence-electron chi connectivity index (χ0n) is 19.3. The monoisotopic (exact) mass is 498 g/mol. The Morgan fingerprint density at radius 1 is 1.17 bits per heavy atom. The molecule has 0 fully saturated rings. The highest BCUT2D eigenvalue weighted by atomic mass is 35.5. The molecule has 3 aromatic rings. The highest BCUT2D eigenvalue weighted by Crippen LogP contribution is 2.52. The standard InChI is InChI=1S/C23H23ClN6O5/c1-11-6-12(25-4-5-26-21-18-22(28-9-27-18)30-10-29-21)7-15(31)23(11)20(32)16-13(33-2)8-14(34-3)17(24)19(16)35-23/h7-11,25H,4-6H2,1-3H3,(H2,26,27,28,29,30)/t11-,23+/m1/s1. The van der Waals surface area contributed by atoms with E-state index in [-0.39, 0.29) is 22.1 Å². The average molecular weight is 499 g/mol. The molecule has 35 heavy (non-hydrogen) atoms. The topological polar surface area (TPSA) is 140 Å². The fraction of sp³-hybridized carbons (Fsp3) is 0.348. The molecule has 1 spiro atoms. The van der Waals surface area contributed by atoms with Gasteiger partial charge in [-0.1, -0.05) is 18.5 Å². The molecule has 2 aromatic heterocycles. The molecule has 11 nitrogen and oxygen atoms in total. The molecular formula is C23H23ClN6O5. The van der Waals surface area contributed by atoms with Gasteiger partial charge in [0, 0.05) is 36.8 Å². The second-order valence-corrected chi connectivity index (χ2v) is 8.66. The van der Waals surface area contributed by atoms with Crippen molar-refractivity contribution in [2.45, 2.75) is 18.9 Å². The quantitative estimate of drug-likeness (QED) is 0.328. The van der Waals surface area contributed by atoms with Crippen LogP contribution < -0.4 is 24.8 Å². The number of hydrogen-bond acceptors (Lipinski definition) is 10. The molecule has 2 aliphatic rings. The van der Waals surface area contributed by atoms with Crippen molar-refractivity contribution in [3.8, 4) is 17.2 Å². The summed E-state index contributed by atoms with van der Waals surface area (Å²) < 4.78 is 16.7. The van der Waals surface area contributed by atoms with Crippen molar-refractivity contribution in [3.05, 3.63) is 41.1 Å². The van der Waals surface area contributed by atoms with E-state index in [1.165, 1.54) is 32.7 Å². The van der Waals surface area contributed by atoms with Crippen LogP contribution in [0.2, 0.25) is 5.02 Å². The summed E-state index contributed by atoms with van der Waals surface area (Å²) in [6, 6.07) is 1.52. The van der Waals surface area contributed by atoms with E-state index in [1.807, 2.05) is 6.92 Å². The molecule has 0 unspecified atom stereocenters. The second kappa shape index (κ2) is 8.73. The predicted octanol–water partition coefficient (Wildman–Crippen LogP) is 2.53. The van der Waals surface area contributed by atoms with Crippen LogP contribution in [0.5, 0.6) is 17.2 Å². The minimum absolute atomic E-state index is 0.108. The fourth-order valence-corrected chi connectivity index (χ4v) is 4.82. The summed E-state index contributed by atoms with van der Waals surface area (Å²) in [5.41, 5.74) is 0.473. The van der Waals surface area contributed by atoms with E-state index in [2.05, 4.69) is 30.6 Å². The zero-order chi connectivity index (χ0) is 24.7.